The first-order chi connectivity index (χ1) is 5.83. The van der Waals surface area contributed by atoms with Gasteiger partial charge in [0.1, 0.15) is 0 Å². The van der Waals surface area contributed by atoms with E-state index in [0.29, 0.717) is 12.0 Å². The van der Waals surface area contributed by atoms with E-state index >= 15 is 0 Å². The Kier molecular flexibility index (Phi) is 4.96. The van der Waals surface area contributed by atoms with Crippen LogP contribution in [0.2, 0.25) is 0 Å². The first-order valence-corrected chi connectivity index (χ1v) is 5.23. The maximum Gasteiger partial charge on any atom is 0.0620 e. The first-order valence-electron chi connectivity index (χ1n) is 4.70. The highest BCUT2D eigenvalue weighted by Crippen LogP contribution is 2.06. The van der Waals surface area contributed by atoms with Gasteiger partial charge < -0.3 is 10.1 Å². The van der Waals surface area contributed by atoms with Gasteiger partial charge in [-0.05, 0) is 25.3 Å². The van der Waals surface area contributed by atoms with Gasteiger partial charge in [0.15, 0.2) is 0 Å². The molecule has 1 N–H and O–H groups in total. The summed E-state index contributed by atoms with van der Waals surface area (Å²) in [4.78, 5) is 0. The smallest absolute Gasteiger partial charge is 0.0620 e. The van der Waals surface area contributed by atoms with Gasteiger partial charge in [-0.15, -0.1) is 11.6 Å². The molecule has 2 nitrogen and oxygen atoms in total. The van der Waals surface area contributed by atoms with Gasteiger partial charge in [0.05, 0.1) is 6.61 Å². The molecule has 0 bridgehead atoms. The van der Waals surface area contributed by atoms with E-state index in [2.05, 4.69) is 12.2 Å². The first kappa shape index (κ1) is 10.3. The summed E-state index contributed by atoms with van der Waals surface area (Å²) < 4.78 is 5.26. The third-order valence-corrected chi connectivity index (χ3v) is 2.50. The summed E-state index contributed by atoms with van der Waals surface area (Å²) in [5.74, 6) is 1.45. The van der Waals surface area contributed by atoms with Crippen LogP contribution in [-0.4, -0.2) is 31.7 Å². The third-order valence-electron chi connectivity index (χ3n) is 2.29. The van der Waals surface area contributed by atoms with E-state index in [1.165, 1.54) is 0 Å². The standard InChI is InChI=1S/C9H18ClNO/c1-8(2-4-10)6-11-9-3-5-12-7-9/h8-9,11H,2-7H2,1H3. The summed E-state index contributed by atoms with van der Waals surface area (Å²) in [6, 6.07) is 0.586. The van der Waals surface area contributed by atoms with E-state index in [1.807, 2.05) is 0 Å². The highest BCUT2D eigenvalue weighted by molar-refractivity contribution is 6.17. The molecule has 1 aliphatic heterocycles. The van der Waals surface area contributed by atoms with Gasteiger partial charge in [0.25, 0.3) is 0 Å². The summed E-state index contributed by atoms with van der Waals surface area (Å²) in [7, 11) is 0. The second-order valence-corrected chi connectivity index (χ2v) is 3.93. The fraction of sp³-hybridized carbons (Fsp3) is 1.00. The Labute approximate surface area is 79.6 Å². The summed E-state index contributed by atoms with van der Waals surface area (Å²) in [5, 5.41) is 3.48. The van der Waals surface area contributed by atoms with E-state index in [4.69, 9.17) is 16.3 Å². The number of nitrogens with one attached hydrogen (secondary N) is 1. The van der Waals surface area contributed by atoms with Crippen LogP contribution in [0.25, 0.3) is 0 Å². The zero-order valence-electron chi connectivity index (χ0n) is 7.68. The van der Waals surface area contributed by atoms with Crippen molar-refractivity contribution >= 4 is 11.6 Å². The quantitative estimate of drug-likeness (QED) is 0.668. The lowest BCUT2D eigenvalue weighted by molar-refractivity contribution is 0.189. The molecule has 0 aromatic heterocycles. The number of alkyl halides is 1. The van der Waals surface area contributed by atoms with Gasteiger partial charge in [-0.2, -0.15) is 0 Å². The number of halogens is 1. The van der Waals surface area contributed by atoms with Crippen molar-refractivity contribution in [3.8, 4) is 0 Å². The molecule has 1 saturated heterocycles. The lowest BCUT2D eigenvalue weighted by Gasteiger charge is -2.14. The van der Waals surface area contributed by atoms with Crippen molar-refractivity contribution in [1.82, 2.24) is 5.32 Å². The van der Waals surface area contributed by atoms with Crippen molar-refractivity contribution in [2.75, 3.05) is 25.6 Å². The summed E-state index contributed by atoms with van der Waals surface area (Å²) in [6.07, 6.45) is 2.26. The van der Waals surface area contributed by atoms with E-state index in [9.17, 15) is 0 Å². The number of hydrogen-bond donors (Lipinski definition) is 1. The third kappa shape index (κ3) is 3.74. The van der Waals surface area contributed by atoms with Crippen LogP contribution < -0.4 is 5.32 Å². The molecule has 0 aliphatic carbocycles. The van der Waals surface area contributed by atoms with Crippen molar-refractivity contribution in [3.05, 3.63) is 0 Å². The Morgan fingerprint density at radius 3 is 3.08 bits per heavy atom. The Morgan fingerprint density at radius 2 is 2.50 bits per heavy atom. The monoisotopic (exact) mass is 191 g/mol. The lowest BCUT2D eigenvalue weighted by atomic mass is 10.1. The number of hydrogen-bond acceptors (Lipinski definition) is 2. The largest absolute Gasteiger partial charge is 0.380 e. The van der Waals surface area contributed by atoms with Crippen molar-refractivity contribution < 1.29 is 4.74 Å². The van der Waals surface area contributed by atoms with Gasteiger partial charge >= 0.3 is 0 Å². The number of ether oxygens (including phenoxy) is 1. The molecular weight excluding hydrogens is 174 g/mol. The highest BCUT2D eigenvalue weighted by Gasteiger charge is 2.15. The molecule has 1 rings (SSSR count). The van der Waals surface area contributed by atoms with Crippen LogP contribution in [-0.2, 0) is 4.74 Å². The Morgan fingerprint density at radius 1 is 1.67 bits per heavy atom. The molecule has 0 aromatic rings. The van der Waals surface area contributed by atoms with Crippen molar-refractivity contribution in [2.45, 2.75) is 25.8 Å². The lowest BCUT2D eigenvalue weighted by Crippen LogP contribution is -2.33. The predicted molar refractivity (Wildman–Crippen MR) is 51.7 cm³/mol. The van der Waals surface area contributed by atoms with E-state index < -0.39 is 0 Å². The summed E-state index contributed by atoms with van der Waals surface area (Å²) >= 11 is 5.64. The van der Waals surface area contributed by atoms with Gasteiger partial charge in [0.2, 0.25) is 0 Å². The minimum Gasteiger partial charge on any atom is -0.380 e. The molecule has 0 radical (unpaired) electrons. The van der Waals surface area contributed by atoms with Crippen LogP contribution in [0.1, 0.15) is 19.8 Å². The Hall–Kier alpha value is 0.210. The van der Waals surface area contributed by atoms with Gasteiger partial charge in [-0.25, -0.2) is 0 Å². The molecular formula is C9H18ClNO. The molecule has 3 heteroatoms. The zero-order chi connectivity index (χ0) is 8.81. The van der Waals surface area contributed by atoms with E-state index in [1.54, 1.807) is 0 Å². The van der Waals surface area contributed by atoms with E-state index in [0.717, 1.165) is 38.5 Å². The molecule has 1 fully saturated rings. The van der Waals surface area contributed by atoms with Crippen LogP contribution >= 0.6 is 11.6 Å². The SMILES string of the molecule is CC(CCCl)CNC1CCOC1. The molecule has 2 unspecified atom stereocenters. The van der Waals surface area contributed by atoms with Crippen LogP contribution in [0.3, 0.4) is 0 Å². The molecule has 0 aromatic carbocycles. The molecule has 72 valence electrons. The molecule has 1 aliphatic rings. The predicted octanol–water partition coefficient (Wildman–Crippen LogP) is 1.63. The van der Waals surface area contributed by atoms with Crippen LogP contribution in [0.4, 0.5) is 0 Å². The fourth-order valence-corrected chi connectivity index (χ4v) is 1.72. The maximum absolute atomic E-state index is 5.64. The molecule has 2 atom stereocenters. The minimum absolute atomic E-state index is 0.586. The second kappa shape index (κ2) is 5.79. The second-order valence-electron chi connectivity index (χ2n) is 3.55. The van der Waals surface area contributed by atoms with Crippen molar-refractivity contribution in [3.63, 3.8) is 0 Å². The van der Waals surface area contributed by atoms with Crippen molar-refractivity contribution in [1.29, 1.82) is 0 Å². The molecule has 1 heterocycles. The highest BCUT2D eigenvalue weighted by atomic mass is 35.5. The number of rotatable bonds is 5. The zero-order valence-corrected chi connectivity index (χ0v) is 8.44. The topological polar surface area (TPSA) is 21.3 Å². The molecule has 0 amide bonds. The Balaban J connectivity index is 1.99. The average molecular weight is 192 g/mol. The minimum atomic E-state index is 0.586. The molecule has 0 spiro atoms. The van der Waals surface area contributed by atoms with Crippen molar-refractivity contribution in [2.24, 2.45) is 5.92 Å². The van der Waals surface area contributed by atoms with Gasteiger partial charge in [0, 0.05) is 18.5 Å². The molecule has 12 heavy (non-hydrogen) atoms. The normalized spacial score (nSPS) is 26.0. The summed E-state index contributed by atoms with van der Waals surface area (Å²) in [6.45, 7) is 5.10. The maximum atomic E-state index is 5.64. The van der Waals surface area contributed by atoms with E-state index in [-0.39, 0.29) is 0 Å². The van der Waals surface area contributed by atoms with Crippen LogP contribution in [0.15, 0.2) is 0 Å². The molecule has 0 saturated carbocycles. The van der Waals surface area contributed by atoms with Crippen LogP contribution in [0, 0.1) is 5.92 Å². The summed E-state index contributed by atoms with van der Waals surface area (Å²) in [5.41, 5.74) is 0. The fourth-order valence-electron chi connectivity index (χ4n) is 1.35. The van der Waals surface area contributed by atoms with Gasteiger partial charge in [-0.3, -0.25) is 0 Å². The average Bonchev–Trinajstić information content (AvgIpc) is 2.53. The van der Waals surface area contributed by atoms with Gasteiger partial charge in [-0.1, -0.05) is 6.92 Å². The van der Waals surface area contributed by atoms with Crippen LogP contribution in [0.5, 0.6) is 0 Å². The Bertz CT molecular complexity index is 115.